The highest BCUT2D eigenvalue weighted by Crippen LogP contribution is 2.41. The molecule has 0 N–H and O–H groups in total. The second-order valence-corrected chi connectivity index (χ2v) is 6.20. The molecule has 1 fully saturated rings. The van der Waals surface area contributed by atoms with Gasteiger partial charge in [-0.3, -0.25) is 0 Å². The third kappa shape index (κ3) is 3.18. The molecule has 1 unspecified atom stereocenters. The van der Waals surface area contributed by atoms with Crippen LogP contribution in [-0.4, -0.2) is 12.9 Å². The molecule has 4 rings (SSSR count). The van der Waals surface area contributed by atoms with Crippen molar-refractivity contribution in [3.8, 4) is 5.75 Å². The summed E-state index contributed by atoms with van der Waals surface area (Å²) in [5.74, 6) is 1.59. The Labute approximate surface area is 152 Å². The van der Waals surface area contributed by atoms with Gasteiger partial charge in [-0.15, -0.1) is 0 Å². The molecule has 4 heteroatoms. The Kier molecular flexibility index (Phi) is 4.40. The first-order chi connectivity index (χ1) is 12.7. The van der Waals surface area contributed by atoms with Gasteiger partial charge in [-0.05, 0) is 54.1 Å². The van der Waals surface area contributed by atoms with Crippen LogP contribution in [0.3, 0.4) is 0 Å². The highest BCUT2D eigenvalue weighted by atomic mass is 19.1. The Bertz CT molecular complexity index is 905. The number of rotatable bonds is 4. The van der Waals surface area contributed by atoms with Gasteiger partial charge < -0.3 is 9.64 Å². The van der Waals surface area contributed by atoms with Gasteiger partial charge in [0.1, 0.15) is 17.4 Å². The molecule has 3 aromatic carbocycles. The van der Waals surface area contributed by atoms with E-state index in [9.17, 15) is 4.39 Å². The summed E-state index contributed by atoms with van der Waals surface area (Å²) in [5.41, 5.74) is 3.05. The van der Waals surface area contributed by atoms with Crippen LogP contribution in [0, 0.1) is 5.82 Å². The molecule has 130 valence electrons. The van der Waals surface area contributed by atoms with Crippen LogP contribution in [0.25, 0.3) is 0 Å². The molecule has 1 atom stereocenters. The summed E-state index contributed by atoms with van der Waals surface area (Å²) in [5, 5.41) is 0. The van der Waals surface area contributed by atoms with Crippen LogP contribution in [0.5, 0.6) is 5.75 Å². The smallest absolute Gasteiger partial charge is 0.123 e. The molecule has 1 saturated heterocycles. The zero-order valence-corrected chi connectivity index (χ0v) is 14.5. The summed E-state index contributed by atoms with van der Waals surface area (Å²) in [6.07, 6.45) is 0.812. The van der Waals surface area contributed by atoms with E-state index in [1.165, 1.54) is 12.1 Å². The van der Waals surface area contributed by atoms with Crippen molar-refractivity contribution >= 4 is 17.2 Å². The fourth-order valence-corrected chi connectivity index (χ4v) is 3.20. The SMILES string of the molecule is COc1ccc(N2/C(=N/c3ccccc3)CC2c2ccc(F)cc2)cc1. The van der Waals surface area contributed by atoms with Crippen molar-refractivity contribution in [1.29, 1.82) is 0 Å². The lowest BCUT2D eigenvalue weighted by atomic mass is 9.92. The first kappa shape index (κ1) is 16.3. The summed E-state index contributed by atoms with van der Waals surface area (Å²) in [6.45, 7) is 0. The van der Waals surface area contributed by atoms with E-state index in [4.69, 9.17) is 9.73 Å². The average Bonchev–Trinajstić information content (AvgIpc) is 2.67. The van der Waals surface area contributed by atoms with E-state index in [0.29, 0.717) is 0 Å². The molecular formula is C22H19FN2O. The molecule has 1 aliphatic rings. The molecule has 0 saturated carbocycles. The summed E-state index contributed by atoms with van der Waals surface area (Å²) < 4.78 is 18.5. The van der Waals surface area contributed by atoms with Crippen molar-refractivity contribution in [3.05, 3.63) is 90.2 Å². The van der Waals surface area contributed by atoms with Crippen LogP contribution in [-0.2, 0) is 0 Å². The number of nitrogens with zero attached hydrogens (tertiary/aromatic N) is 2. The highest BCUT2D eigenvalue weighted by molar-refractivity contribution is 6.06. The second-order valence-electron chi connectivity index (χ2n) is 6.20. The fourth-order valence-electron chi connectivity index (χ4n) is 3.20. The van der Waals surface area contributed by atoms with E-state index >= 15 is 0 Å². The van der Waals surface area contributed by atoms with Gasteiger partial charge in [0.05, 0.1) is 18.8 Å². The van der Waals surface area contributed by atoms with E-state index in [2.05, 4.69) is 4.90 Å². The van der Waals surface area contributed by atoms with E-state index in [1.54, 1.807) is 7.11 Å². The van der Waals surface area contributed by atoms with Crippen molar-refractivity contribution in [2.24, 2.45) is 4.99 Å². The van der Waals surface area contributed by atoms with Gasteiger partial charge in [-0.1, -0.05) is 30.3 Å². The largest absolute Gasteiger partial charge is 0.497 e. The van der Waals surface area contributed by atoms with Gasteiger partial charge in [-0.2, -0.15) is 0 Å². The van der Waals surface area contributed by atoms with Crippen LogP contribution < -0.4 is 9.64 Å². The van der Waals surface area contributed by atoms with Crippen molar-refractivity contribution in [2.75, 3.05) is 12.0 Å². The molecule has 0 bridgehead atoms. The van der Waals surface area contributed by atoms with Crippen LogP contribution in [0.2, 0.25) is 0 Å². The van der Waals surface area contributed by atoms with Gasteiger partial charge in [0.25, 0.3) is 0 Å². The van der Waals surface area contributed by atoms with Crippen molar-refractivity contribution in [1.82, 2.24) is 0 Å². The van der Waals surface area contributed by atoms with Crippen LogP contribution >= 0.6 is 0 Å². The molecule has 1 heterocycles. The van der Waals surface area contributed by atoms with Crippen molar-refractivity contribution in [2.45, 2.75) is 12.5 Å². The lowest BCUT2D eigenvalue weighted by Gasteiger charge is -2.44. The number of hydrogen-bond donors (Lipinski definition) is 0. The number of hydrogen-bond acceptors (Lipinski definition) is 2. The summed E-state index contributed by atoms with van der Waals surface area (Å²) in [4.78, 5) is 6.99. The first-order valence-electron chi connectivity index (χ1n) is 8.56. The number of anilines is 1. The number of amidine groups is 1. The quantitative estimate of drug-likeness (QED) is 0.622. The fraction of sp³-hybridized carbons (Fsp3) is 0.136. The average molecular weight is 346 g/mol. The lowest BCUT2D eigenvalue weighted by Crippen LogP contribution is -2.46. The van der Waals surface area contributed by atoms with Gasteiger partial charge in [-0.25, -0.2) is 9.38 Å². The Morgan fingerprint density at radius 2 is 1.62 bits per heavy atom. The lowest BCUT2D eigenvalue weighted by molar-refractivity contribution is 0.415. The van der Waals surface area contributed by atoms with Gasteiger partial charge >= 0.3 is 0 Å². The number of aliphatic imine (C=N–C) groups is 1. The van der Waals surface area contributed by atoms with Crippen LogP contribution in [0.15, 0.2) is 83.9 Å². The maximum Gasteiger partial charge on any atom is 0.123 e. The molecule has 3 aromatic rings. The number of para-hydroxylation sites is 1. The Hall–Kier alpha value is -3.14. The van der Waals surface area contributed by atoms with Crippen LogP contribution in [0.1, 0.15) is 18.0 Å². The Morgan fingerprint density at radius 1 is 0.923 bits per heavy atom. The number of halogens is 1. The second kappa shape index (κ2) is 7.00. The van der Waals surface area contributed by atoms with Gasteiger partial charge in [0.2, 0.25) is 0 Å². The predicted octanol–water partition coefficient (Wildman–Crippen LogP) is 5.52. The van der Waals surface area contributed by atoms with E-state index < -0.39 is 0 Å². The molecule has 0 spiro atoms. The maximum atomic E-state index is 13.3. The zero-order chi connectivity index (χ0) is 17.9. The molecule has 3 nitrogen and oxygen atoms in total. The minimum absolute atomic E-state index is 0.145. The molecular weight excluding hydrogens is 327 g/mol. The minimum atomic E-state index is -0.220. The first-order valence-corrected chi connectivity index (χ1v) is 8.56. The minimum Gasteiger partial charge on any atom is -0.497 e. The Morgan fingerprint density at radius 3 is 2.27 bits per heavy atom. The number of benzene rings is 3. The van der Waals surface area contributed by atoms with Crippen molar-refractivity contribution in [3.63, 3.8) is 0 Å². The normalized spacial score (nSPS) is 17.8. The van der Waals surface area contributed by atoms with Crippen molar-refractivity contribution < 1.29 is 9.13 Å². The zero-order valence-electron chi connectivity index (χ0n) is 14.5. The third-order valence-electron chi connectivity index (χ3n) is 4.59. The highest BCUT2D eigenvalue weighted by Gasteiger charge is 2.36. The van der Waals surface area contributed by atoms with Gasteiger partial charge in [0.15, 0.2) is 0 Å². The monoisotopic (exact) mass is 346 g/mol. The van der Waals surface area contributed by atoms with E-state index in [0.717, 1.165) is 34.9 Å². The molecule has 0 radical (unpaired) electrons. The number of methoxy groups -OCH3 is 1. The molecule has 0 aromatic heterocycles. The topological polar surface area (TPSA) is 24.8 Å². The molecule has 26 heavy (non-hydrogen) atoms. The van der Waals surface area contributed by atoms with Crippen LogP contribution in [0.4, 0.5) is 15.8 Å². The van der Waals surface area contributed by atoms with E-state index in [1.807, 2.05) is 66.7 Å². The summed E-state index contributed by atoms with van der Waals surface area (Å²) in [7, 11) is 1.66. The van der Waals surface area contributed by atoms with Gasteiger partial charge in [0, 0.05) is 12.1 Å². The maximum absolute atomic E-state index is 13.3. The third-order valence-corrected chi connectivity index (χ3v) is 4.59. The molecule has 1 aliphatic heterocycles. The molecule has 0 amide bonds. The summed E-state index contributed by atoms with van der Waals surface area (Å²) in [6, 6.07) is 24.7. The van der Waals surface area contributed by atoms with E-state index in [-0.39, 0.29) is 11.9 Å². The number of ether oxygens (including phenoxy) is 1. The summed E-state index contributed by atoms with van der Waals surface area (Å²) >= 11 is 0. The molecule has 0 aliphatic carbocycles. The standard InChI is InChI=1S/C22H19FN2O/c1-26-20-13-11-19(12-14-20)25-21(16-7-9-17(23)10-8-16)15-22(25)24-18-5-3-2-4-6-18/h2-14,21H,15H2,1H3/b24-22+. The Balaban J connectivity index is 1.69. The predicted molar refractivity (Wildman–Crippen MR) is 103 cm³/mol.